The van der Waals surface area contributed by atoms with Crippen LogP contribution in [0.15, 0.2) is 23.3 Å². The fourth-order valence-electron chi connectivity index (χ4n) is 3.94. The van der Waals surface area contributed by atoms with Gasteiger partial charge >= 0.3 is 23.9 Å². The van der Waals surface area contributed by atoms with Crippen molar-refractivity contribution in [2.75, 3.05) is 28.4 Å². The third kappa shape index (κ3) is 3.18. The van der Waals surface area contributed by atoms with E-state index in [-0.39, 0.29) is 34.3 Å². The van der Waals surface area contributed by atoms with Crippen molar-refractivity contribution in [1.82, 2.24) is 0 Å². The average Bonchev–Trinajstić information content (AvgIpc) is 3.35. The molecule has 0 spiro atoms. The minimum Gasteiger partial charge on any atom is -0.507 e. The van der Waals surface area contributed by atoms with Gasteiger partial charge in [0.25, 0.3) is 0 Å². The van der Waals surface area contributed by atoms with Crippen molar-refractivity contribution in [3.63, 3.8) is 0 Å². The fraction of sp³-hybridized carbons (Fsp3) is 0.400. The number of ether oxygens (including phenoxy) is 5. The number of methoxy groups -OCH3 is 4. The Morgan fingerprint density at radius 2 is 1.43 bits per heavy atom. The molecule has 2 aliphatic rings. The van der Waals surface area contributed by atoms with Crippen molar-refractivity contribution < 1.29 is 48.0 Å². The lowest BCUT2D eigenvalue weighted by Gasteiger charge is -2.24. The maximum Gasteiger partial charge on any atom is 0.342 e. The summed E-state index contributed by atoms with van der Waals surface area (Å²) >= 11 is 0. The highest BCUT2D eigenvalue weighted by Gasteiger charge is 2.53. The van der Waals surface area contributed by atoms with Crippen LogP contribution in [0.5, 0.6) is 5.75 Å². The number of phenols is 1. The van der Waals surface area contributed by atoms with E-state index in [1.807, 2.05) is 0 Å². The molecule has 2 bridgehead atoms. The summed E-state index contributed by atoms with van der Waals surface area (Å²) < 4.78 is 24.7. The van der Waals surface area contributed by atoms with E-state index in [1.165, 1.54) is 26.4 Å². The molecular weight excluding hydrogens is 400 g/mol. The summed E-state index contributed by atoms with van der Waals surface area (Å²) in [6.07, 6.45) is -1.42. The maximum atomic E-state index is 12.3. The van der Waals surface area contributed by atoms with Crippen LogP contribution in [0.2, 0.25) is 0 Å². The van der Waals surface area contributed by atoms with Crippen LogP contribution in [-0.4, -0.2) is 69.6 Å². The van der Waals surface area contributed by atoms with Crippen LogP contribution >= 0.6 is 0 Å². The predicted molar refractivity (Wildman–Crippen MR) is 97.9 cm³/mol. The summed E-state index contributed by atoms with van der Waals surface area (Å²) in [5.74, 6) is -4.31. The number of benzene rings is 1. The summed E-state index contributed by atoms with van der Waals surface area (Å²) in [5, 5.41) is 10.8. The molecule has 3 atom stereocenters. The van der Waals surface area contributed by atoms with E-state index in [0.717, 1.165) is 14.2 Å². The molecule has 30 heavy (non-hydrogen) atoms. The fourth-order valence-corrected chi connectivity index (χ4v) is 3.94. The molecule has 0 radical (unpaired) electrons. The number of carbonyl (C=O) groups is 4. The molecule has 0 amide bonds. The molecule has 1 aromatic rings. The molecule has 10 heteroatoms. The first-order chi connectivity index (χ1) is 14.3. The van der Waals surface area contributed by atoms with E-state index >= 15 is 0 Å². The van der Waals surface area contributed by atoms with Gasteiger partial charge in [0.05, 0.1) is 57.4 Å². The van der Waals surface area contributed by atoms with Crippen LogP contribution < -0.4 is 0 Å². The zero-order chi connectivity index (χ0) is 22.2. The first-order valence-corrected chi connectivity index (χ1v) is 8.89. The van der Waals surface area contributed by atoms with Gasteiger partial charge in [0.2, 0.25) is 0 Å². The Morgan fingerprint density at radius 1 is 0.867 bits per heavy atom. The van der Waals surface area contributed by atoms with E-state index < -0.39 is 47.8 Å². The third-order valence-corrected chi connectivity index (χ3v) is 5.26. The Morgan fingerprint density at radius 3 is 2.00 bits per heavy atom. The van der Waals surface area contributed by atoms with E-state index in [0.29, 0.717) is 0 Å². The standard InChI is InChI=1S/C20H20O10/c1-26-17(22)9-6-5-8(15(21)12(9)18(23)27-2)10-7-11-13(19(24)28-3)14(16(10)30-11)20(25)29-4/h5-6,10-11,16,21H,7H2,1-4H3/t10-,11-,16+/m1/s1. The van der Waals surface area contributed by atoms with Gasteiger partial charge < -0.3 is 28.8 Å². The smallest absolute Gasteiger partial charge is 0.342 e. The van der Waals surface area contributed by atoms with Crippen molar-refractivity contribution in [2.24, 2.45) is 0 Å². The second-order valence-corrected chi connectivity index (χ2v) is 6.61. The van der Waals surface area contributed by atoms with Crippen LogP contribution in [0.3, 0.4) is 0 Å². The SMILES string of the molecule is COC(=O)C1=C(C(=O)OC)[C@H]2C[C@H](c3ccc(C(=O)OC)c(C(=O)OC)c3O)[C@@H]1O2. The quantitative estimate of drug-likeness (QED) is 0.540. The second-order valence-electron chi connectivity index (χ2n) is 6.61. The predicted octanol–water partition coefficient (Wildman–Crippen LogP) is 0.863. The zero-order valence-corrected chi connectivity index (χ0v) is 16.7. The Bertz CT molecular complexity index is 961. The van der Waals surface area contributed by atoms with Gasteiger partial charge in [-0.05, 0) is 12.5 Å². The topological polar surface area (TPSA) is 135 Å². The number of carbonyl (C=O) groups excluding carboxylic acids is 4. The van der Waals surface area contributed by atoms with E-state index in [1.54, 1.807) is 0 Å². The van der Waals surface area contributed by atoms with Crippen molar-refractivity contribution >= 4 is 23.9 Å². The van der Waals surface area contributed by atoms with E-state index in [2.05, 4.69) is 9.47 Å². The maximum absolute atomic E-state index is 12.3. The lowest BCUT2D eigenvalue weighted by molar-refractivity contribution is -0.139. The number of phenolic OH excluding ortho intramolecular Hbond substituents is 1. The first-order valence-electron chi connectivity index (χ1n) is 8.89. The highest BCUT2D eigenvalue weighted by atomic mass is 16.6. The largest absolute Gasteiger partial charge is 0.507 e. The Balaban J connectivity index is 2.11. The van der Waals surface area contributed by atoms with Gasteiger partial charge in [-0.25, -0.2) is 19.2 Å². The molecule has 160 valence electrons. The molecule has 2 heterocycles. The summed E-state index contributed by atoms with van der Waals surface area (Å²) in [6.45, 7) is 0. The van der Waals surface area contributed by atoms with Crippen LogP contribution in [0.4, 0.5) is 0 Å². The molecule has 3 rings (SSSR count). The van der Waals surface area contributed by atoms with Crippen molar-refractivity contribution in [3.8, 4) is 5.75 Å². The van der Waals surface area contributed by atoms with Crippen molar-refractivity contribution in [1.29, 1.82) is 0 Å². The van der Waals surface area contributed by atoms with Gasteiger partial charge in [-0.1, -0.05) is 6.07 Å². The lowest BCUT2D eigenvalue weighted by atomic mass is 9.78. The van der Waals surface area contributed by atoms with Gasteiger partial charge in [-0.15, -0.1) is 0 Å². The van der Waals surface area contributed by atoms with Crippen LogP contribution in [0, 0.1) is 0 Å². The average molecular weight is 420 g/mol. The van der Waals surface area contributed by atoms with E-state index in [9.17, 15) is 24.3 Å². The number of aromatic hydroxyl groups is 1. The molecule has 1 saturated heterocycles. The molecule has 0 aliphatic carbocycles. The highest BCUT2D eigenvalue weighted by molar-refractivity contribution is 6.06. The molecule has 1 N–H and O–H groups in total. The molecule has 0 aromatic heterocycles. The summed E-state index contributed by atoms with van der Waals surface area (Å²) in [4.78, 5) is 48.7. The normalized spacial score (nSPS) is 21.9. The number of fused-ring (bicyclic) bond motifs is 2. The molecule has 0 unspecified atom stereocenters. The third-order valence-electron chi connectivity index (χ3n) is 5.26. The van der Waals surface area contributed by atoms with Gasteiger partial charge in [0.15, 0.2) is 0 Å². The summed E-state index contributed by atoms with van der Waals surface area (Å²) in [6, 6.07) is 2.76. The monoisotopic (exact) mass is 420 g/mol. The zero-order valence-electron chi connectivity index (χ0n) is 16.7. The summed E-state index contributed by atoms with van der Waals surface area (Å²) in [5.41, 5.74) is -0.206. The number of hydrogen-bond acceptors (Lipinski definition) is 10. The number of esters is 4. The molecule has 10 nitrogen and oxygen atoms in total. The van der Waals surface area contributed by atoms with Gasteiger partial charge in [-0.2, -0.15) is 0 Å². The van der Waals surface area contributed by atoms with E-state index in [4.69, 9.17) is 14.2 Å². The number of hydrogen-bond donors (Lipinski definition) is 1. The molecule has 2 aliphatic heterocycles. The number of rotatable bonds is 5. The first kappa shape index (κ1) is 21.3. The Hall–Kier alpha value is -3.40. The van der Waals surface area contributed by atoms with Crippen LogP contribution in [-0.2, 0) is 33.3 Å². The molecule has 1 aromatic carbocycles. The molecule has 0 saturated carbocycles. The Kier molecular flexibility index (Phi) is 5.79. The molecular formula is C20H20O10. The minimum absolute atomic E-state index is 0.00154. The van der Waals surface area contributed by atoms with Gasteiger partial charge in [0.1, 0.15) is 11.3 Å². The van der Waals surface area contributed by atoms with Gasteiger partial charge in [0, 0.05) is 11.5 Å². The van der Waals surface area contributed by atoms with Crippen LogP contribution in [0.1, 0.15) is 38.6 Å². The lowest BCUT2D eigenvalue weighted by Crippen LogP contribution is -2.28. The van der Waals surface area contributed by atoms with Crippen molar-refractivity contribution in [2.45, 2.75) is 24.5 Å². The highest BCUT2D eigenvalue weighted by Crippen LogP contribution is 2.50. The van der Waals surface area contributed by atoms with Crippen LogP contribution in [0.25, 0.3) is 0 Å². The minimum atomic E-state index is -0.933. The summed E-state index contributed by atoms with van der Waals surface area (Å²) in [7, 11) is 4.60. The van der Waals surface area contributed by atoms with Crippen molar-refractivity contribution in [3.05, 3.63) is 40.0 Å². The molecule has 1 fully saturated rings. The van der Waals surface area contributed by atoms with Gasteiger partial charge in [-0.3, -0.25) is 0 Å². The Labute approximate surface area is 171 Å². The second kappa shape index (κ2) is 8.15.